The molecule has 0 aliphatic carbocycles. The summed E-state index contributed by atoms with van der Waals surface area (Å²) in [6, 6.07) is 7.38. The first-order chi connectivity index (χ1) is 9.88. The number of halogens is 1. The van der Waals surface area contributed by atoms with E-state index in [4.69, 9.17) is 16.3 Å². The highest BCUT2D eigenvalue weighted by atomic mass is 35.5. The predicted octanol–water partition coefficient (Wildman–Crippen LogP) is 5.01. The van der Waals surface area contributed by atoms with Gasteiger partial charge in [0, 0.05) is 17.3 Å². The molecule has 0 fully saturated rings. The first-order valence-electron chi connectivity index (χ1n) is 7.00. The highest BCUT2D eigenvalue weighted by Gasteiger charge is 2.12. The summed E-state index contributed by atoms with van der Waals surface area (Å²) in [5, 5.41) is 10.4. The average molecular weight is 306 g/mol. The molecule has 0 bridgehead atoms. The lowest BCUT2D eigenvalue weighted by atomic mass is 10.0. The van der Waals surface area contributed by atoms with Crippen LogP contribution in [0.2, 0.25) is 5.02 Å². The zero-order valence-corrected chi connectivity index (χ0v) is 13.5. The Bertz CT molecular complexity index is 639. The van der Waals surface area contributed by atoms with Crippen LogP contribution in [0.5, 0.6) is 11.6 Å². The van der Waals surface area contributed by atoms with Crippen molar-refractivity contribution in [2.24, 2.45) is 0 Å². The molecule has 4 heteroatoms. The summed E-state index contributed by atoms with van der Waals surface area (Å²) < 4.78 is 5.86. The molecule has 0 radical (unpaired) electrons. The van der Waals surface area contributed by atoms with Gasteiger partial charge >= 0.3 is 0 Å². The number of hydrogen-bond acceptors (Lipinski definition) is 3. The fourth-order valence-corrected chi connectivity index (χ4v) is 2.51. The Balaban J connectivity index is 2.35. The molecule has 0 aliphatic heterocycles. The molecule has 1 unspecified atom stereocenters. The highest BCUT2D eigenvalue weighted by molar-refractivity contribution is 6.31. The normalized spacial score (nSPS) is 12.5. The maximum Gasteiger partial charge on any atom is 0.219 e. The maximum atomic E-state index is 9.62. The molecule has 0 amide bonds. The molecule has 1 atom stereocenters. The SMILES string of the molecule is Cc1cc(Cl)c(C(C)C)cc1Oc1cc(C(C)O)ccn1. The number of benzene rings is 1. The van der Waals surface area contributed by atoms with Gasteiger partial charge in [-0.05, 0) is 54.7 Å². The Hall–Kier alpha value is -1.58. The molecule has 0 saturated heterocycles. The van der Waals surface area contributed by atoms with E-state index in [0.717, 1.165) is 27.5 Å². The second-order valence-electron chi connectivity index (χ2n) is 5.50. The molecule has 1 heterocycles. The molecule has 112 valence electrons. The zero-order chi connectivity index (χ0) is 15.6. The maximum absolute atomic E-state index is 9.62. The lowest BCUT2D eigenvalue weighted by Crippen LogP contribution is -1.97. The van der Waals surface area contributed by atoms with E-state index in [-0.39, 0.29) is 0 Å². The number of aliphatic hydroxyl groups excluding tert-OH is 1. The van der Waals surface area contributed by atoms with E-state index in [2.05, 4.69) is 18.8 Å². The van der Waals surface area contributed by atoms with Gasteiger partial charge in [-0.3, -0.25) is 0 Å². The first kappa shape index (κ1) is 15.8. The minimum atomic E-state index is -0.548. The van der Waals surface area contributed by atoms with Gasteiger partial charge in [-0.1, -0.05) is 25.4 Å². The Morgan fingerprint density at radius 2 is 1.90 bits per heavy atom. The third-order valence-electron chi connectivity index (χ3n) is 3.37. The molecule has 1 N–H and O–H groups in total. The summed E-state index contributed by atoms with van der Waals surface area (Å²) in [7, 11) is 0. The van der Waals surface area contributed by atoms with Gasteiger partial charge in [0.1, 0.15) is 5.75 Å². The highest BCUT2D eigenvalue weighted by Crippen LogP contribution is 2.33. The average Bonchev–Trinajstić information content (AvgIpc) is 2.41. The van der Waals surface area contributed by atoms with Gasteiger partial charge in [-0.15, -0.1) is 0 Å². The molecule has 0 spiro atoms. The van der Waals surface area contributed by atoms with Crippen molar-refractivity contribution < 1.29 is 9.84 Å². The fourth-order valence-electron chi connectivity index (χ4n) is 2.07. The minimum absolute atomic E-state index is 0.317. The lowest BCUT2D eigenvalue weighted by Gasteiger charge is -2.14. The number of ether oxygens (including phenoxy) is 1. The molecular formula is C17H20ClNO2. The van der Waals surface area contributed by atoms with Crippen LogP contribution in [0, 0.1) is 6.92 Å². The van der Waals surface area contributed by atoms with Gasteiger partial charge in [0.15, 0.2) is 0 Å². The summed E-state index contributed by atoms with van der Waals surface area (Å²) in [5.41, 5.74) is 2.77. The van der Waals surface area contributed by atoms with E-state index < -0.39 is 6.10 Å². The summed E-state index contributed by atoms with van der Waals surface area (Å²) in [4.78, 5) is 4.19. The quantitative estimate of drug-likeness (QED) is 0.863. The monoisotopic (exact) mass is 305 g/mol. The van der Waals surface area contributed by atoms with Crippen molar-refractivity contribution >= 4 is 11.6 Å². The standard InChI is InChI=1S/C17H20ClNO2/c1-10(2)14-9-16(11(3)7-15(14)18)21-17-8-13(12(4)20)5-6-19-17/h5-10,12,20H,1-4H3. The molecular weight excluding hydrogens is 286 g/mol. The fraction of sp³-hybridized carbons (Fsp3) is 0.353. The summed E-state index contributed by atoms with van der Waals surface area (Å²) in [5.74, 6) is 1.52. The number of rotatable bonds is 4. The van der Waals surface area contributed by atoms with Crippen LogP contribution in [0.4, 0.5) is 0 Å². The van der Waals surface area contributed by atoms with Crippen LogP contribution < -0.4 is 4.74 Å². The van der Waals surface area contributed by atoms with Crippen molar-refractivity contribution in [2.45, 2.75) is 39.7 Å². The van der Waals surface area contributed by atoms with Gasteiger partial charge in [-0.2, -0.15) is 0 Å². The second kappa shape index (κ2) is 6.46. The van der Waals surface area contributed by atoms with Crippen molar-refractivity contribution in [3.05, 3.63) is 52.2 Å². The van der Waals surface area contributed by atoms with E-state index in [1.807, 2.05) is 19.1 Å². The van der Waals surface area contributed by atoms with Crippen molar-refractivity contribution in [3.8, 4) is 11.6 Å². The van der Waals surface area contributed by atoms with Crippen LogP contribution in [0.1, 0.15) is 49.5 Å². The second-order valence-corrected chi connectivity index (χ2v) is 5.91. The lowest BCUT2D eigenvalue weighted by molar-refractivity contribution is 0.198. The Morgan fingerprint density at radius 3 is 2.52 bits per heavy atom. The molecule has 2 rings (SSSR count). The zero-order valence-electron chi connectivity index (χ0n) is 12.7. The first-order valence-corrected chi connectivity index (χ1v) is 7.38. The van der Waals surface area contributed by atoms with Crippen molar-refractivity contribution in [2.75, 3.05) is 0 Å². The van der Waals surface area contributed by atoms with Crippen LogP contribution in [0.15, 0.2) is 30.5 Å². The Kier molecular flexibility index (Phi) is 4.86. The number of aliphatic hydroxyl groups is 1. The number of aryl methyl sites for hydroxylation is 1. The van der Waals surface area contributed by atoms with E-state index >= 15 is 0 Å². The van der Waals surface area contributed by atoms with Crippen LogP contribution in [-0.2, 0) is 0 Å². The third kappa shape index (κ3) is 3.74. The molecule has 2 aromatic rings. The Labute approximate surface area is 130 Å². The summed E-state index contributed by atoms with van der Waals surface area (Å²) in [6.45, 7) is 7.84. The van der Waals surface area contributed by atoms with Gasteiger partial charge in [0.2, 0.25) is 5.88 Å². The molecule has 1 aromatic carbocycles. The van der Waals surface area contributed by atoms with Gasteiger partial charge in [0.05, 0.1) is 6.10 Å². The molecule has 1 aromatic heterocycles. The number of aromatic nitrogens is 1. The largest absolute Gasteiger partial charge is 0.439 e. The predicted molar refractivity (Wildman–Crippen MR) is 85.2 cm³/mol. The third-order valence-corrected chi connectivity index (χ3v) is 3.70. The molecule has 0 aliphatic rings. The summed E-state index contributed by atoms with van der Waals surface area (Å²) in [6.07, 6.45) is 1.08. The molecule has 0 saturated carbocycles. The van der Waals surface area contributed by atoms with Crippen molar-refractivity contribution in [3.63, 3.8) is 0 Å². The van der Waals surface area contributed by atoms with Gasteiger partial charge in [0.25, 0.3) is 0 Å². The van der Waals surface area contributed by atoms with Gasteiger partial charge in [-0.25, -0.2) is 4.98 Å². The van der Waals surface area contributed by atoms with Gasteiger partial charge < -0.3 is 9.84 Å². The van der Waals surface area contributed by atoms with Crippen LogP contribution in [0.25, 0.3) is 0 Å². The van der Waals surface area contributed by atoms with E-state index in [1.54, 1.807) is 25.3 Å². The molecule has 21 heavy (non-hydrogen) atoms. The van der Waals surface area contributed by atoms with E-state index in [0.29, 0.717) is 11.8 Å². The molecule has 3 nitrogen and oxygen atoms in total. The topological polar surface area (TPSA) is 42.4 Å². The van der Waals surface area contributed by atoms with E-state index in [1.165, 1.54) is 0 Å². The number of nitrogens with zero attached hydrogens (tertiary/aromatic N) is 1. The smallest absolute Gasteiger partial charge is 0.219 e. The number of pyridine rings is 1. The van der Waals surface area contributed by atoms with E-state index in [9.17, 15) is 5.11 Å². The van der Waals surface area contributed by atoms with Crippen LogP contribution in [-0.4, -0.2) is 10.1 Å². The van der Waals surface area contributed by atoms with Crippen LogP contribution >= 0.6 is 11.6 Å². The van der Waals surface area contributed by atoms with Crippen molar-refractivity contribution in [1.29, 1.82) is 0 Å². The summed E-state index contributed by atoms with van der Waals surface area (Å²) >= 11 is 6.26. The Morgan fingerprint density at radius 1 is 1.19 bits per heavy atom. The van der Waals surface area contributed by atoms with Crippen molar-refractivity contribution in [1.82, 2.24) is 4.98 Å². The van der Waals surface area contributed by atoms with Crippen LogP contribution in [0.3, 0.4) is 0 Å². The number of hydrogen-bond donors (Lipinski definition) is 1. The minimum Gasteiger partial charge on any atom is -0.439 e.